The first-order valence-corrected chi connectivity index (χ1v) is 6.37. The molecule has 16 heavy (non-hydrogen) atoms. The zero-order valence-corrected chi connectivity index (χ0v) is 11.9. The van der Waals surface area contributed by atoms with Crippen LogP contribution >= 0.6 is 34.2 Å². The number of carbonyl (C=O) groups is 1. The third-order valence-corrected chi connectivity index (χ3v) is 3.71. The molecule has 1 rings (SSSR count). The van der Waals surface area contributed by atoms with Crippen molar-refractivity contribution in [3.63, 3.8) is 0 Å². The van der Waals surface area contributed by atoms with E-state index in [0.29, 0.717) is 15.0 Å². The maximum Gasteiger partial charge on any atom is 0.254 e. The van der Waals surface area contributed by atoms with Crippen molar-refractivity contribution >= 4 is 40.1 Å². The number of hydrogen-bond acceptors (Lipinski definition) is 1. The maximum atomic E-state index is 12.9. The van der Waals surface area contributed by atoms with Gasteiger partial charge >= 0.3 is 0 Å². The number of hydrogen-bond donors (Lipinski definition) is 0. The predicted octanol–water partition coefficient (Wildman–Crippen LogP) is 3.13. The lowest BCUT2D eigenvalue weighted by Gasteiger charge is -2.23. The molecule has 1 atom stereocenters. The fourth-order valence-electron chi connectivity index (χ4n) is 1.16. The fraction of sp³-hybridized carbons (Fsp3) is 0.364. The molecule has 0 aliphatic heterocycles. The van der Waals surface area contributed by atoms with Crippen molar-refractivity contribution in [3.8, 4) is 0 Å². The van der Waals surface area contributed by atoms with E-state index in [4.69, 9.17) is 11.6 Å². The van der Waals surface area contributed by atoms with Gasteiger partial charge in [0.2, 0.25) is 0 Å². The van der Waals surface area contributed by atoms with Gasteiger partial charge in [0.1, 0.15) is 5.82 Å². The number of halogens is 3. The molecule has 0 aliphatic carbocycles. The highest BCUT2D eigenvalue weighted by Gasteiger charge is 2.18. The summed E-state index contributed by atoms with van der Waals surface area (Å²) >= 11 is 7.64. The van der Waals surface area contributed by atoms with Crippen LogP contribution in [-0.2, 0) is 0 Å². The Morgan fingerprint density at radius 2 is 2.25 bits per heavy atom. The van der Waals surface area contributed by atoms with Crippen LogP contribution in [0.2, 0.25) is 0 Å². The molecule has 0 fully saturated rings. The molecule has 0 aromatic heterocycles. The van der Waals surface area contributed by atoms with Crippen LogP contribution in [0.5, 0.6) is 0 Å². The van der Waals surface area contributed by atoms with E-state index in [1.54, 1.807) is 11.9 Å². The normalized spacial score (nSPS) is 12.3. The Hall–Kier alpha value is -0.360. The summed E-state index contributed by atoms with van der Waals surface area (Å²) in [7, 11) is 1.69. The van der Waals surface area contributed by atoms with E-state index in [0.717, 1.165) is 0 Å². The molecule has 1 aromatic rings. The first-order valence-electron chi connectivity index (χ1n) is 4.75. The van der Waals surface area contributed by atoms with E-state index in [1.807, 2.05) is 29.5 Å². The molecule has 2 nitrogen and oxygen atoms in total. The summed E-state index contributed by atoms with van der Waals surface area (Å²) in [4.78, 5) is 13.6. The van der Waals surface area contributed by atoms with Crippen LogP contribution in [0.25, 0.3) is 0 Å². The molecular weight excluding hydrogens is 343 g/mol. The van der Waals surface area contributed by atoms with Crippen LogP contribution in [0.3, 0.4) is 0 Å². The first kappa shape index (κ1) is 13.7. The van der Waals surface area contributed by atoms with E-state index in [2.05, 4.69) is 0 Å². The molecule has 0 spiro atoms. The quantitative estimate of drug-likeness (QED) is 0.602. The van der Waals surface area contributed by atoms with Crippen molar-refractivity contribution in [1.29, 1.82) is 0 Å². The summed E-state index contributed by atoms with van der Waals surface area (Å²) in [6, 6.07) is 4.08. The summed E-state index contributed by atoms with van der Waals surface area (Å²) in [6.45, 7) is 1.86. The number of nitrogens with zero attached hydrogens (tertiary/aromatic N) is 1. The van der Waals surface area contributed by atoms with Crippen molar-refractivity contribution in [1.82, 2.24) is 4.90 Å². The number of carbonyl (C=O) groups excluding carboxylic acids is 1. The lowest BCUT2D eigenvalue weighted by Crippen LogP contribution is -2.36. The Labute approximate surface area is 113 Å². The molecule has 0 saturated carbocycles. The summed E-state index contributed by atoms with van der Waals surface area (Å²) in [5.74, 6) is -0.105. The minimum atomic E-state index is -0.339. The second kappa shape index (κ2) is 5.82. The monoisotopic (exact) mass is 355 g/mol. The highest BCUT2D eigenvalue weighted by molar-refractivity contribution is 14.1. The smallest absolute Gasteiger partial charge is 0.254 e. The SMILES string of the molecule is CC(CCl)N(C)C(=O)c1ccc(F)cc1I. The molecule has 1 amide bonds. The van der Waals surface area contributed by atoms with Crippen molar-refractivity contribution in [2.24, 2.45) is 0 Å². The Kier molecular flexibility index (Phi) is 4.98. The van der Waals surface area contributed by atoms with E-state index in [-0.39, 0.29) is 17.8 Å². The van der Waals surface area contributed by atoms with Crippen LogP contribution in [0.1, 0.15) is 17.3 Å². The fourth-order valence-corrected chi connectivity index (χ4v) is 2.07. The Balaban J connectivity index is 2.96. The zero-order valence-electron chi connectivity index (χ0n) is 9.01. The zero-order chi connectivity index (χ0) is 12.3. The molecule has 0 N–H and O–H groups in total. The van der Waals surface area contributed by atoms with Gasteiger partial charge in [0.15, 0.2) is 0 Å². The minimum absolute atomic E-state index is 0.0463. The average molecular weight is 356 g/mol. The molecule has 1 aromatic carbocycles. The lowest BCUT2D eigenvalue weighted by molar-refractivity contribution is 0.0755. The van der Waals surface area contributed by atoms with E-state index < -0.39 is 0 Å². The molecule has 0 heterocycles. The van der Waals surface area contributed by atoms with Gasteiger partial charge in [-0.3, -0.25) is 4.79 Å². The molecule has 5 heteroatoms. The largest absolute Gasteiger partial charge is 0.338 e. The van der Waals surface area contributed by atoms with Gasteiger partial charge < -0.3 is 4.90 Å². The van der Waals surface area contributed by atoms with Crippen molar-refractivity contribution < 1.29 is 9.18 Å². The Morgan fingerprint density at radius 1 is 1.62 bits per heavy atom. The molecule has 0 bridgehead atoms. The van der Waals surface area contributed by atoms with Gasteiger partial charge in [-0.15, -0.1) is 11.6 Å². The lowest BCUT2D eigenvalue weighted by atomic mass is 10.2. The van der Waals surface area contributed by atoms with Gasteiger partial charge in [-0.05, 0) is 47.7 Å². The minimum Gasteiger partial charge on any atom is -0.338 e. The standard InChI is InChI=1S/C11H12ClFINO/c1-7(6-12)15(2)11(16)9-4-3-8(13)5-10(9)14/h3-5,7H,6H2,1-2H3. The topological polar surface area (TPSA) is 20.3 Å². The third kappa shape index (κ3) is 3.07. The van der Waals surface area contributed by atoms with Crippen LogP contribution in [-0.4, -0.2) is 29.8 Å². The second-order valence-electron chi connectivity index (χ2n) is 3.54. The molecule has 0 radical (unpaired) electrons. The Bertz CT molecular complexity index is 400. The molecule has 0 saturated heterocycles. The molecule has 1 unspecified atom stereocenters. The summed E-state index contributed by atoms with van der Waals surface area (Å²) in [6.07, 6.45) is 0. The molecule has 0 aliphatic rings. The maximum absolute atomic E-state index is 12.9. The number of amides is 1. The van der Waals surface area contributed by atoms with E-state index in [1.165, 1.54) is 18.2 Å². The van der Waals surface area contributed by atoms with Gasteiger partial charge in [-0.2, -0.15) is 0 Å². The predicted molar refractivity (Wildman–Crippen MR) is 71.4 cm³/mol. The van der Waals surface area contributed by atoms with Crippen LogP contribution in [0.4, 0.5) is 4.39 Å². The summed E-state index contributed by atoms with van der Waals surface area (Å²) in [5.41, 5.74) is 0.501. The van der Waals surface area contributed by atoms with Gasteiger partial charge in [-0.1, -0.05) is 0 Å². The summed E-state index contributed by atoms with van der Waals surface area (Å²) < 4.78 is 13.5. The second-order valence-corrected chi connectivity index (χ2v) is 5.01. The van der Waals surface area contributed by atoms with Gasteiger partial charge in [-0.25, -0.2) is 4.39 Å². The number of benzene rings is 1. The highest BCUT2D eigenvalue weighted by Crippen LogP contribution is 2.16. The van der Waals surface area contributed by atoms with Crippen molar-refractivity contribution in [2.75, 3.05) is 12.9 Å². The third-order valence-electron chi connectivity index (χ3n) is 2.37. The van der Waals surface area contributed by atoms with Gasteiger partial charge in [0.25, 0.3) is 5.91 Å². The average Bonchev–Trinajstić information content (AvgIpc) is 2.26. The number of alkyl halides is 1. The molecule has 88 valence electrons. The first-order chi connectivity index (χ1) is 7.47. The van der Waals surface area contributed by atoms with Gasteiger partial charge in [0, 0.05) is 22.5 Å². The highest BCUT2D eigenvalue weighted by atomic mass is 127. The van der Waals surface area contributed by atoms with Crippen LogP contribution in [0, 0.1) is 9.39 Å². The van der Waals surface area contributed by atoms with E-state index >= 15 is 0 Å². The van der Waals surface area contributed by atoms with Gasteiger partial charge in [0.05, 0.1) is 5.56 Å². The van der Waals surface area contributed by atoms with E-state index in [9.17, 15) is 9.18 Å². The van der Waals surface area contributed by atoms with Crippen LogP contribution in [0.15, 0.2) is 18.2 Å². The van der Waals surface area contributed by atoms with Crippen LogP contribution < -0.4 is 0 Å². The summed E-state index contributed by atoms with van der Waals surface area (Å²) in [5, 5.41) is 0. The van der Waals surface area contributed by atoms with Crippen molar-refractivity contribution in [3.05, 3.63) is 33.1 Å². The number of rotatable bonds is 3. The molecular formula is C11H12ClFINO. The Morgan fingerprint density at radius 3 is 2.75 bits per heavy atom. The van der Waals surface area contributed by atoms with Crippen molar-refractivity contribution in [2.45, 2.75) is 13.0 Å².